The van der Waals surface area contributed by atoms with E-state index in [0.29, 0.717) is 17.0 Å². The van der Waals surface area contributed by atoms with Crippen LogP contribution in [0.1, 0.15) is 17.0 Å². The first-order chi connectivity index (χ1) is 16.3. The smallest absolute Gasteiger partial charge is 0.493 e. The Morgan fingerprint density at radius 1 is 0.971 bits per heavy atom. The number of benzene rings is 2. The minimum absolute atomic E-state index is 0.0378. The van der Waals surface area contributed by atoms with Crippen LogP contribution in [0.4, 0.5) is 42.2 Å². The number of fused-ring (bicyclic) bond motifs is 1. The summed E-state index contributed by atoms with van der Waals surface area (Å²) in [6.45, 7) is -0.103. The van der Waals surface area contributed by atoms with Gasteiger partial charge in [-0.3, -0.25) is 4.74 Å². The van der Waals surface area contributed by atoms with Gasteiger partial charge in [-0.05, 0) is 25.1 Å². The molecule has 3 aromatic rings. The molecule has 2 aromatic carbocycles. The van der Waals surface area contributed by atoms with Crippen molar-refractivity contribution in [1.82, 2.24) is 9.97 Å². The van der Waals surface area contributed by atoms with E-state index in [1.165, 1.54) is 19.2 Å². The highest BCUT2D eigenvalue weighted by atomic mass is 19.4. The van der Waals surface area contributed by atoms with Gasteiger partial charge in [0.25, 0.3) is 0 Å². The van der Waals surface area contributed by atoms with Gasteiger partial charge in [0.05, 0.1) is 24.8 Å². The topological polar surface area (TPSA) is 91.5 Å². The molecule has 0 radical (unpaired) electrons. The van der Waals surface area contributed by atoms with Crippen molar-refractivity contribution in [3.63, 3.8) is 0 Å². The van der Waals surface area contributed by atoms with Crippen LogP contribution >= 0.6 is 0 Å². The number of nitrogens with zero attached hydrogens (tertiary/aromatic N) is 2. The van der Waals surface area contributed by atoms with Gasteiger partial charge in [-0.2, -0.15) is 13.2 Å². The Hall–Kier alpha value is -3.55. The summed E-state index contributed by atoms with van der Waals surface area (Å²) in [5.41, 5.74) is 3.72. The van der Waals surface area contributed by atoms with Gasteiger partial charge in [0.15, 0.2) is 11.5 Å². The Morgan fingerprint density at radius 2 is 1.69 bits per heavy atom. The lowest BCUT2D eigenvalue weighted by atomic mass is 10.1. The molecule has 0 aliphatic carbocycles. The van der Waals surface area contributed by atoms with E-state index in [4.69, 9.17) is 15.2 Å². The van der Waals surface area contributed by atoms with E-state index in [9.17, 15) is 30.7 Å². The molecular weight excluding hydrogens is 489 g/mol. The maximum Gasteiger partial charge on any atom is 0.522 e. The number of nitrogen functional groups attached to an aromatic ring is 1. The lowest BCUT2D eigenvalue weighted by Gasteiger charge is -2.16. The molecule has 0 saturated carbocycles. The summed E-state index contributed by atoms with van der Waals surface area (Å²) in [5.74, 6) is -0.897. The fourth-order valence-electron chi connectivity index (χ4n) is 3.19. The Morgan fingerprint density at radius 3 is 2.31 bits per heavy atom. The number of aromatic nitrogens is 2. The highest BCUT2D eigenvalue weighted by Gasteiger charge is 2.35. The van der Waals surface area contributed by atoms with Gasteiger partial charge in [-0.15, -0.1) is 13.2 Å². The number of nitrogens with one attached hydrogen (secondary N) is 1. The van der Waals surface area contributed by atoms with Gasteiger partial charge in [0, 0.05) is 29.2 Å². The molecule has 0 fully saturated rings. The van der Waals surface area contributed by atoms with Gasteiger partial charge >= 0.3 is 12.5 Å². The molecule has 190 valence electrons. The van der Waals surface area contributed by atoms with Crippen molar-refractivity contribution in [2.45, 2.75) is 26.0 Å². The van der Waals surface area contributed by atoms with Crippen molar-refractivity contribution in [3.8, 4) is 11.5 Å². The van der Waals surface area contributed by atoms with Crippen LogP contribution in [-0.4, -0.2) is 36.7 Å². The van der Waals surface area contributed by atoms with Crippen molar-refractivity contribution in [3.05, 3.63) is 47.0 Å². The molecular formula is C21H19F7N4O3. The summed E-state index contributed by atoms with van der Waals surface area (Å²) >= 11 is 0. The lowest BCUT2D eigenvalue weighted by Crippen LogP contribution is -2.18. The molecule has 1 heterocycles. The second-order valence-corrected chi connectivity index (χ2v) is 7.18. The quantitative estimate of drug-likeness (QED) is 0.245. The van der Waals surface area contributed by atoms with Crippen LogP contribution in [0, 0.1) is 12.7 Å². The van der Waals surface area contributed by atoms with E-state index < -0.39 is 43.7 Å². The van der Waals surface area contributed by atoms with Crippen LogP contribution in [0.3, 0.4) is 0 Å². The summed E-state index contributed by atoms with van der Waals surface area (Å²) in [7, 11) is 1.31. The van der Waals surface area contributed by atoms with E-state index >= 15 is 0 Å². The number of methoxy groups -OCH3 is 1. The van der Waals surface area contributed by atoms with E-state index in [1.807, 2.05) is 0 Å². The van der Waals surface area contributed by atoms with Gasteiger partial charge < -0.3 is 20.5 Å². The van der Waals surface area contributed by atoms with E-state index in [1.54, 1.807) is 6.92 Å². The first-order valence-electron chi connectivity index (χ1n) is 9.87. The number of halogens is 7. The third-order valence-corrected chi connectivity index (χ3v) is 4.62. The van der Waals surface area contributed by atoms with E-state index in [-0.39, 0.29) is 34.4 Å². The van der Waals surface area contributed by atoms with Crippen molar-refractivity contribution >= 4 is 22.4 Å². The third kappa shape index (κ3) is 6.53. The summed E-state index contributed by atoms with van der Waals surface area (Å²) in [4.78, 5) is 8.44. The fourth-order valence-corrected chi connectivity index (χ4v) is 3.19. The number of nitrogens with two attached hydrogens (primary N) is 1. The molecule has 0 bridgehead atoms. The normalized spacial score (nSPS) is 12.1. The molecule has 14 heteroatoms. The maximum atomic E-state index is 14.5. The number of hydrogen-bond donors (Lipinski definition) is 2. The number of anilines is 2. The minimum atomic E-state index is -4.94. The molecule has 0 amide bonds. The number of ether oxygens (including phenoxy) is 3. The number of alkyl halides is 6. The lowest BCUT2D eigenvalue weighted by molar-refractivity contribution is -0.325. The number of aryl methyl sites for hydroxylation is 1. The Balaban J connectivity index is 1.92. The molecule has 0 atom stereocenters. The van der Waals surface area contributed by atoms with Gasteiger partial charge in [-0.25, -0.2) is 14.4 Å². The van der Waals surface area contributed by atoms with Crippen molar-refractivity contribution < 1.29 is 44.9 Å². The molecule has 0 spiro atoms. The predicted octanol–water partition coefficient (Wildman–Crippen LogP) is 5.21. The van der Waals surface area contributed by atoms with Crippen molar-refractivity contribution in [2.75, 3.05) is 31.4 Å². The zero-order valence-electron chi connectivity index (χ0n) is 18.3. The standard InChI is InChI=1S/C21H19F7N4O3/c1-10-31-15-8-16(33-2)17(34-3-4-35-21(26,27)28)7-13(15)19(32-10)30-9-11-5-12(29)6-14(18(11)22)20(23,24)25/h5-8H,3-4,9,29H2,1-2H3,(H,30,31,32). The maximum absolute atomic E-state index is 14.5. The number of rotatable bonds is 8. The highest BCUT2D eigenvalue weighted by Crippen LogP contribution is 2.36. The van der Waals surface area contributed by atoms with E-state index in [2.05, 4.69) is 20.0 Å². The largest absolute Gasteiger partial charge is 0.522 e. The molecule has 0 saturated heterocycles. The second-order valence-electron chi connectivity index (χ2n) is 7.18. The van der Waals surface area contributed by atoms with E-state index in [0.717, 1.165) is 6.07 Å². The van der Waals surface area contributed by atoms with Crippen LogP contribution in [-0.2, 0) is 17.5 Å². The Bertz CT molecular complexity index is 1220. The van der Waals surface area contributed by atoms with Gasteiger partial charge in [0.2, 0.25) is 0 Å². The zero-order chi connectivity index (χ0) is 26.0. The molecule has 0 unspecified atom stereocenters. The summed E-state index contributed by atoms with van der Waals surface area (Å²) in [5, 5.41) is 3.05. The Labute approximate surface area is 194 Å². The number of hydrogen-bond acceptors (Lipinski definition) is 7. The van der Waals surface area contributed by atoms with Crippen molar-refractivity contribution in [2.24, 2.45) is 0 Å². The van der Waals surface area contributed by atoms with Crippen LogP contribution in [0.15, 0.2) is 24.3 Å². The minimum Gasteiger partial charge on any atom is -0.493 e. The third-order valence-electron chi connectivity index (χ3n) is 4.62. The SMILES string of the molecule is COc1cc2nc(C)nc(NCc3cc(N)cc(C(F)(F)F)c3F)c2cc1OCCOC(F)(F)F. The summed E-state index contributed by atoms with van der Waals surface area (Å²) in [6.07, 6.45) is -9.76. The molecule has 1 aromatic heterocycles. The van der Waals surface area contributed by atoms with Crippen LogP contribution < -0.4 is 20.5 Å². The molecule has 0 aliphatic heterocycles. The van der Waals surface area contributed by atoms with Crippen LogP contribution in [0.2, 0.25) is 0 Å². The monoisotopic (exact) mass is 508 g/mol. The average Bonchev–Trinajstić information content (AvgIpc) is 2.74. The second kappa shape index (κ2) is 9.98. The summed E-state index contributed by atoms with van der Waals surface area (Å²) in [6, 6.07) is 4.38. The molecule has 35 heavy (non-hydrogen) atoms. The van der Waals surface area contributed by atoms with Gasteiger partial charge in [0.1, 0.15) is 24.1 Å². The van der Waals surface area contributed by atoms with Crippen LogP contribution in [0.5, 0.6) is 11.5 Å². The molecule has 7 nitrogen and oxygen atoms in total. The highest BCUT2D eigenvalue weighted by molar-refractivity contribution is 5.91. The average molecular weight is 508 g/mol. The fraction of sp³-hybridized carbons (Fsp3) is 0.333. The Kier molecular flexibility index (Phi) is 7.43. The van der Waals surface area contributed by atoms with Crippen LogP contribution in [0.25, 0.3) is 10.9 Å². The zero-order valence-corrected chi connectivity index (χ0v) is 18.3. The molecule has 3 N–H and O–H groups in total. The first-order valence-corrected chi connectivity index (χ1v) is 9.87. The molecule has 3 rings (SSSR count). The molecule has 0 aliphatic rings. The van der Waals surface area contributed by atoms with Crippen molar-refractivity contribution in [1.29, 1.82) is 0 Å². The predicted molar refractivity (Wildman–Crippen MR) is 111 cm³/mol. The first kappa shape index (κ1) is 26.1. The van der Waals surface area contributed by atoms with Gasteiger partial charge in [-0.1, -0.05) is 0 Å². The summed E-state index contributed by atoms with van der Waals surface area (Å²) < 4.78 is 105.